The number of unbranched alkanes of at least 4 members (excludes halogenated alkanes) is 1. The fourth-order valence-electron chi connectivity index (χ4n) is 2.45. The number of nitrogens with one attached hydrogen (secondary N) is 1. The zero-order valence-electron chi connectivity index (χ0n) is 12.0. The van der Waals surface area contributed by atoms with Crippen molar-refractivity contribution in [2.45, 2.75) is 43.5 Å². The Morgan fingerprint density at radius 3 is 2.95 bits per heavy atom. The largest absolute Gasteiger partial charge is 0.313 e. The lowest BCUT2D eigenvalue weighted by atomic mass is 10.2. The van der Waals surface area contributed by atoms with Crippen molar-refractivity contribution < 1.29 is 8.42 Å². The predicted molar refractivity (Wildman–Crippen MR) is 78.9 cm³/mol. The van der Waals surface area contributed by atoms with Gasteiger partial charge < -0.3 is 5.32 Å². The normalized spacial score (nSPS) is 19.6. The first kappa shape index (κ1) is 15.4. The number of hydrogen-bond donors (Lipinski definition) is 1. The summed E-state index contributed by atoms with van der Waals surface area (Å²) in [6.45, 7) is 4.19. The number of nitrogens with zero attached hydrogens (tertiary/aromatic N) is 2. The monoisotopic (exact) mass is 297 g/mol. The highest BCUT2D eigenvalue weighted by atomic mass is 32.2. The van der Waals surface area contributed by atoms with Crippen LogP contribution in [0, 0.1) is 0 Å². The number of hydrogen-bond acceptors (Lipinski definition) is 4. The second-order valence-corrected chi connectivity index (χ2v) is 7.14. The second-order valence-electron chi connectivity index (χ2n) is 5.20. The maximum atomic E-state index is 12.7. The van der Waals surface area contributed by atoms with Crippen molar-refractivity contribution >= 4 is 10.0 Å². The molecule has 1 N–H and O–H groups in total. The van der Waals surface area contributed by atoms with Gasteiger partial charge in [0.05, 0.1) is 0 Å². The average molecular weight is 297 g/mol. The highest BCUT2D eigenvalue weighted by molar-refractivity contribution is 7.89. The lowest BCUT2D eigenvalue weighted by Crippen LogP contribution is -2.41. The summed E-state index contributed by atoms with van der Waals surface area (Å²) < 4.78 is 27.0. The third-order valence-corrected chi connectivity index (χ3v) is 5.47. The zero-order chi connectivity index (χ0) is 14.4. The van der Waals surface area contributed by atoms with Gasteiger partial charge in [-0.3, -0.25) is 4.98 Å². The fourth-order valence-corrected chi connectivity index (χ4v) is 3.94. The molecule has 1 fully saturated rings. The quantitative estimate of drug-likeness (QED) is 0.831. The molecule has 0 radical (unpaired) electrons. The van der Waals surface area contributed by atoms with Crippen molar-refractivity contribution in [2.75, 3.05) is 19.6 Å². The van der Waals surface area contributed by atoms with Crippen molar-refractivity contribution in [3.05, 3.63) is 24.5 Å². The van der Waals surface area contributed by atoms with Gasteiger partial charge in [-0.25, -0.2) is 8.42 Å². The standard InChI is InChI=1S/C14H23N3O2S/c1-2-3-10-17(12-13-6-4-9-16-13)20(18,19)14-7-5-8-15-11-14/h5,7-8,11,13,16H,2-4,6,9-10,12H2,1H3. The van der Waals surface area contributed by atoms with Crippen molar-refractivity contribution in [1.82, 2.24) is 14.6 Å². The smallest absolute Gasteiger partial charge is 0.244 e. The molecule has 0 aliphatic carbocycles. The van der Waals surface area contributed by atoms with Gasteiger partial charge in [0.15, 0.2) is 0 Å². The average Bonchev–Trinajstić information content (AvgIpc) is 2.97. The van der Waals surface area contributed by atoms with Gasteiger partial charge in [0.25, 0.3) is 0 Å². The van der Waals surface area contributed by atoms with Crippen LogP contribution in [0.3, 0.4) is 0 Å². The molecule has 1 aromatic rings. The molecule has 1 aromatic heterocycles. The van der Waals surface area contributed by atoms with E-state index in [-0.39, 0.29) is 10.9 Å². The third kappa shape index (κ3) is 3.77. The summed E-state index contributed by atoms with van der Waals surface area (Å²) in [6, 6.07) is 3.56. The summed E-state index contributed by atoms with van der Waals surface area (Å²) in [7, 11) is -3.43. The maximum Gasteiger partial charge on any atom is 0.244 e. The highest BCUT2D eigenvalue weighted by Gasteiger charge is 2.27. The minimum atomic E-state index is -3.43. The zero-order valence-corrected chi connectivity index (χ0v) is 12.8. The van der Waals surface area contributed by atoms with Crippen LogP contribution < -0.4 is 5.32 Å². The Bertz CT molecular complexity index is 498. The molecule has 0 saturated carbocycles. The van der Waals surface area contributed by atoms with Crippen LogP contribution in [0.15, 0.2) is 29.4 Å². The molecule has 0 amide bonds. The Labute approximate surface area is 121 Å². The van der Waals surface area contributed by atoms with E-state index in [0.29, 0.717) is 13.1 Å². The molecule has 1 saturated heterocycles. The Balaban J connectivity index is 2.15. The molecule has 112 valence electrons. The van der Waals surface area contributed by atoms with Crippen LogP contribution in [-0.4, -0.2) is 43.4 Å². The van der Waals surface area contributed by atoms with E-state index in [1.54, 1.807) is 22.6 Å². The summed E-state index contributed by atoms with van der Waals surface area (Å²) in [5.74, 6) is 0. The number of aromatic nitrogens is 1. The fraction of sp³-hybridized carbons (Fsp3) is 0.643. The first-order valence-electron chi connectivity index (χ1n) is 7.28. The molecule has 0 aromatic carbocycles. The van der Waals surface area contributed by atoms with Crippen molar-refractivity contribution in [3.63, 3.8) is 0 Å². The van der Waals surface area contributed by atoms with Crippen LogP contribution >= 0.6 is 0 Å². The van der Waals surface area contributed by atoms with E-state index in [4.69, 9.17) is 0 Å². The molecule has 1 aliphatic rings. The van der Waals surface area contributed by atoms with Crippen LogP contribution in [0.2, 0.25) is 0 Å². The Morgan fingerprint density at radius 2 is 2.35 bits per heavy atom. The van der Waals surface area contributed by atoms with Gasteiger partial charge in [-0.1, -0.05) is 13.3 Å². The van der Waals surface area contributed by atoms with E-state index in [2.05, 4.69) is 17.2 Å². The van der Waals surface area contributed by atoms with Gasteiger partial charge in [-0.2, -0.15) is 4.31 Å². The van der Waals surface area contributed by atoms with Crippen molar-refractivity contribution in [2.24, 2.45) is 0 Å². The topological polar surface area (TPSA) is 62.3 Å². The molecule has 2 heterocycles. The van der Waals surface area contributed by atoms with Gasteiger partial charge >= 0.3 is 0 Å². The molecule has 6 heteroatoms. The molecule has 0 spiro atoms. The van der Waals surface area contributed by atoms with Crippen LogP contribution in [-0.2, 0) is 10.0 Å². The van der Waals surface area contributed by atoms with E-state index in [1.807, 2.05) is 0 Å². The Hall–Kier alpha value is -0.980. The van der Waals surface area contributed by atoms with Gasteiger partial charge in [0, 0.05) is 31.5 Å². The van der Waals surface area contributed by atoms with Crippen LogP contribution in [0.1, 0.15) is 32.6 Å². The summed E-state index contributed by atoms with van der Waals surface area (Å²) in [6.07, 6.45) is 7.05. The van der Waals surface area contributed by atoms with Gasteiger partial charge in [-0.05, 0) is 37.9 Å². The SMILES string of the molecule is CCCCN(CC1CCCN1)S(=O)(=O)c1cccnc1. The predicted octanol–water partition coefficient (Wildman–Crippen LogP) is 1.62. The number of pyridine rings is 1. The lowest BCUT2D eigenvalue weighted by molar-refractivity contribution is 0.364. The first-order valence-corrected chi connectivity index (χ1v) is 8.72. The van der Waals surface area contributed by atoms with E-state index >= 15 is 0 Å². The van der Waals surface area contributed by atoms with Crippen molar-refractivity contribution in [1.29, 1.82) is 0 Å². The summed E-state index contributed by atoms with van der Waals surface area (Å²) in [5.41, 5.74) is 0. The summed E-state index contributed by atoms with van der Waals surface area (Å²) in [4.78, 5) is 4.21. The van der Waals surface area contributed by atoms with E-state index < -0.39 is 10.0 Å². The summed E-state index contributed by atoms with van der Waals surface area (Å²) >= 11 is 0. The Kier molecular flexibility index (Phi) is 5.51. The van der Waals surface area contributed by atoms with Crippen LogP contribution in [0.25, 0.3) is 0 Å². The van der Waals surface area contributed by atoms with E-state index in [9.17, 15) is 8.42 Å². The number of rotatable bonds is 7. The second kappa shape index (κ2) is 7.15. The van der Waals surface area contributed by atoms with Gasteiger partial charge in [-0.15, -0.1) is 0 Å². The molecular formula is C14H23N3O2S. The summed E-state index contributed by atoms with van der Waals surface area (Å²) in [5, 5.41) is 3.37. The minimum absolute atomic E-state index is 0.276. The van der Waals surface area contributed by atoms with Crippen LogP contribution in [0.4, 0.5) is 0 Å². The van der Waals surface area contributed by atoms with E-state index in [1.165, 1.54) is 6.20 Å². The molecule has 2 rings (SSSR count). The van der Waals surface area contributed by atoms with Gasteiger partial charge in [0.2, 0.25) is 10.0 Å². The van der Waals surface area contributed by atoms with Crippen LogP contribution in [0.5, 0.6) is 0 Å². The highest BCUT2D eigenvalue weighted by Crippen LogP contribution is 2.17. The van der Waals surface area contributed by atoms with E-state index in [0.717, 1.165) is 32.2 Å². The minimum Gasteiger partial charge on any atom is -0.313 e. The lowest BCUT2D eigenvalue weighted by Gasteiger charge is -2.25. The molecule has 1 atom stereocenters. The molecule has 1 aliphatic heterocycles. The molecule has 0 bridgehead atoms. The third-order valence-electron chi connectivity index (χ3n) is 3.62. The Morgan fingerprint density at radius 1 is 1.50 bits per heavy atom. The number of sulfonamides is 1. The maximum absolute atomic E-state index is 12.7. The molecular weight excluding hydrogens is 274 g/mol. The van der Waals surface area contributed by atoms with Crippen molar-refractivity contribution in [3.8, 4) is 0 Å². The van der Waals surface area contributed by atoms with Gasteiger partial charge in [0.1, 0.15) is 4.90 Å². The molecule has 5 nitrogen and oxygen atoms in total. The molecule has 1 unspecified atom stereocenters. The first-order chi connectivity index (χ1) is 9.64. The molecule has 20 heavy (non-hydrogen) atoms.